The first-order valence-electron chi connectivity index (χ1n) is 18.2. The van der Waals surface area contributed by atoms with Crippen molar-refractivity contribution in [2.75, 3.05) is 34.8 Å². The van der Waals surface area contributed by atoms with Crippen LogP contribution in [0.2, 0.25) is 0 Å². The van der Waals surface area contributed by atoms with Crippen molar-refractivity contribution < 1.29 is 31.7 Å². The monoisotopic (exact) mass is 764 g/mol. The van der Waals surface area contributed by atoms with E-state index >= 15 is 0 Å². The summed E-state index contributed by atoms with van der Waals surface area (Å²) in [6.07, 6.45) is -0.348. The number of nitrogens with one attached hydrogen (secondary N) is 2. The molecule has 3 amide bonds. The molecule has 0 aliphatic carbocycles. The van der Waals surface area contributed by atoms with E-state index in [1.54, 1.807) is 69.3 Å². The van der Waals surface area contributed by atoms with Gasteiger partial charge in [-0.1, -0.05) is 60.2 Å². The first-order chi connectivity index (χ1) is 26.1. The Bertz CT molecular complexity index is 2280. The predicted octanol–water partition coefficient (Wildman–Crippen LogP) is 8.77. The molecule has 0 saturated carbocycles. The highest BCUT2D eigenvalue weighted by molar-refractivity contribution is 7.87. The summed E-state index contributed by atoms with van der Waals surface area (Å²) in [6, 6.07) is 29.2. The molecule has 288 valence electrons. The molecule has 0 saturated heterocycles. The number of carbonyl (C=O) groups excluding carboxylic acids is 3. The van der Waals surface area contributed by atoms with Gasteiger partial charge < -0.3 is 24.5 Å². The highest BCUT2D eigenvalue weighted by Crippen LogP contribution is 2.42. The van der Waals surface area contributed by atoms with Crippen LogP contribution in [-0.4, -0.2) is 51.6 Å². The molecule has 0 spiro atoms. The molecule has 0 radical (unpaired) electrons. The van der Waals surface area contributed by atoms with Gasteiger partial charge >= 0.3 is 16.2 Å². The van der Waals surface area contributed by atoms with Crippen LogP contribution >= 0.6 is 0 Å². The highest BCUT2D eigenvalue weighted by Gasteiger charge is 2.31. The maximum absolute atomic E-state index is 14.3. The van der Waals surface area contributed by atoms with Gasteiger partial charge in [-0.2, -0.15) is 8.42 Å². The van der Waals surface area contributed by atoms with Crippen LogP contribution in [0.1, 0.15) is 63.0 Å². The molecule has 5 aromatic carbocycles. The maximum atomic E-state index is 14.3. The summed E-state index contributed by atoms with van der Waals surface area (Å²) in [5, 5.41) is 6.43. The number of fused-ring (bicyclic) bond motifs is 1. The van der Waals surface area contributed by atoms with Gasteiger partial charge in [-0.05, 0) is 102 Å². The molecule has 0 unspecified atom stereocenters. The zero-order valence-electron chi connectivity index (χ0n) is 32.3. The van der Waals surface area contributed by atoms with E-state index in [4.69, 9.17) is 8.92 Å². The number of nitrogens with zero attached hydrogens (tertiary/aromatic N) is 2. The number of carbonyl (C=O) groups is 3. The van der Waals surface area contributed by atoms with Crippen molar-refractivity contribution in [1.82, 2.24) is 5.32 Å². The molecule has 2 N–H and O–H groups in total. The molecule has 12 heteroatoms. The molecule has 5 rings (SSSR count). The second kappa shape index (κ2) is 17.1. The van der Waals surface area contributed by atoms with E-state index in [0.29, 0.717) is 23.2 Å². The normalized spacial score (nSPS) is 11.5. The lowest BCUT2D eigenvalue weighted by molar-refractivity contribution is -0.114. The molecule has 0 atom stereocenters. The fourth-order valence-electron chi connectivity index (χ4n) is 6.14. The van der Waals surface area contributed by atoms with Crippen molar-refractivity contribution in [3.8, 4) is 5.75 Å². The van der Waals surface area contributed by atoms with Crippen LogP contribution in [-0.2, 0) is 26.1 Å². The summed E-state index contributed by atoms with van der Waals surface area (Å²) in [5.74, 6) is -1.06. The van der Waals surface area contributed by atoms with Crippen molar-refractivity contribution in [2.24, 2.45) is 0 Å². The molecular formula is C43H48N4O7S. The first kappa shape index (κ1) is 40.3. The number of hydrogen-bond acceptors (Lipinski definition) is 8. The Kier molecular flexibility index (Phi) is 12.5. The lowest BCUT2D eigenvalue weighted by Gasteiger charge is -2.30. The van der Waals surface area contributed by atoms with E-state index in [1.807, 2.05) is 43.3 Å². The highest BCUT2D eigenvalue weighted by atomic mass is 32.2. The zero-order chi connectivity index (χ0) is 39.9. The molecule has 0 bridgehead atoms. The van der Waals surface area contributed by atoms with Crippen LogP contribution < -0.4 is 24.6 Å². The number of ether oxygens (including phenoxy) is 1. The molecule has 5 aromatic rings. The van der Waals surface area contributed by atoms with Crippen molar-refractivity contribution >= 4 is 61.5 Å². The predicted molar refractivity (Wildman–Crippen MR) is 218 cm³/mol. The number of aryl methyl sites for hydroxylation is 1. The number of anilines is 4. The number of benzene rings is 5. The van der Waals surface area contributed by atoms with Gasteiger partial charge in [0.25, 0.3) is 5.91 Å². The Hall–Kier alpha value is -5.88. The van der Waals surface area contributed by atoms with Crippen molar-refractivity contribution in [3.05, 3.63) is 120 Å². The lowest BCUT2D eigenvalue weighted by Crippen LogP contribution is -2.34. The topological polar surface area (TPSA) is 134 Å². The minimum Gasteiger partial charge on any atom is -0.443 e. The van der Waals surface area contributed by atoms with Gasteiger partial charge in [0.2, 0.25) is 5.91 Å². The summed E-state index contributed by atoms with van der Waals surface area (Å²) in [7, 11) is -4.43. The summed E-state index contributed by atoms with van der Waals surface area (Å²) in [5.41, 5.74) is 3.00. The van der Waals surface area contributed by atoms with Crippen LogP contribution in [0.25, 0.3) is 10.8 Å². The van der Waals surface area contributed by atoms with Gasteiger partial charge in [0, 0.05) is 48.7 Å². The molecule has 0 heterocycles. The molecule has 0 aliphatic rings. The molecule has 0 aromatic heterocycles. The first-order valence-corrected chi connectivity index (χ1v) is 19.6. The fraction of sp³-hybridized carbons (Fsp3) is 0.279. The second-order valence-electron chi connectivity index (χ2n) is 14.0. The average Bonchev–Trinajstić information content (AvgIpc) is 3.13. The SMILES string of the molecule is CCN(CC)c1ccc(N(C(=O)OC(C)(C)C)c2cc(C(=O)NCCc3ccccc3NC(C)=O)c(OS(=O)(=O)c3ccc(C)cc3)c3ccccc23)cc1. The lowest BCUT2D eigenvalue weighted by atomic mass is 10.0. The number of para-hydroxylation sites is 1. The largest absolute Gasteiger partial charge is 0.443 e. The molecular weight excluding hydrogens is 717 g/mol. The number of hydrogen-bond donors (Lipinski definition) is 2. The molecule has 0 fully saturated rings. The third-order valence-electron chi connectivity index (χ3n) is 8.78. The maximum Gasteiger partial charge on any atom is 0.419 e. The number of rotatable bonds is 13. The van der Waals surface area contributed by atoms with Gasteiger partial charge in [-0.15, -0.1) is 0 Å². The Morgan fingerprint density at radius 3 is 2.00 bits per heavy atom. The molecule has 0 aliphatic heterocycles. The average molecular weight is 765 g/mol. The minimum absolute atomic E-state index is 0.0872. The Balaban J connectivity index is 1.67. The smallest absolute Gasteiger partial charge is 0.419 e. The van der Waals surface area contributed by atoms with Gasteiger partial charge in [0.1, 0.15) is 10.5 Å². The van der Waals surface area contributed by atoms with Gasteiger partial charge in [-0.25, -0.2) is 9.69 Å². The van der Waals surface area contributed by atoms with E-state index in [2.05, 4.69) is 29.4 Å². The third kappa shape index (κ3) is 9.81. The quantitative estimate of drug-likeness (QED) is 0.114. The summed E-state index contributed by atoms with van der Waals surface area (Å²) in [4.78, 5) is 43.8. The van der Waals surface area contributed by atoms with Crippen LogP contribution in [0.3, 0.4) is 0 Å². The van der Waals surface area contributed by atoms with E-state index in [9.17, 15) is 22.8 Å². The van der Waals surface area contributed by atoms with Crippen LogP contribution in [0, 0.1) is 6.92 Å². The zero-order valence-corrected chi connectivity index (χ0v) is 33.1. The summed E-state index contributed by atoms with van der Waals surface area (Å²) < 4.78 is 39.5. The summed E-state index contributed by atoms with van der Waals surface area (Å²) >= 11 is 0. The van der Waals surface area contributed by atoms with Gasteiger partial charge in [0.05, 0.1) is 16.9 Å². The molecule has 55 heavy (non-hydrogen) atoms. The van der Waals surface area contributed by atoms with Crippen molar-refractivity contribution in [3.63, 3.8) is 0 Å². The van der Waals surface area contributed by atoms with Crippen LogP contribution in [0.15, 0.2) is 108 Å². The molecule has 11 nitrogen and oxygen atoms in total. The van der Waals surface area contributed by atoms with Crippen molar-refractivity contribution in [2.45, 2.75) is 65.4 Å². The van der Waals surface area contributed by atoms with Crippen molar-refractivity contribution in [1.29, 1.82) is 0 Å². The van der Waals surface area contributed by atoms with E-state index in [-0.39, 0.29) is 39.7 Å². The third-order valence-corrected chi connectivity index (χ3v) is 10.0. The second-order valence-corrected chi connectivity index (χ2v) is 15.6. The Morgan fingerprint density at radius 2 is 1.38 bits per heavy atom. The standard InChI is InChI=1S/C43H48N4O7S/c1-8-46(9-2)32-20-22-33(23-21-32)47(42(50)53-43(5,6)7)39-28-37(41(49)44-27-26-31-14-10-13-17-38(31)45-30(4)48)40(36-16-12-11-15-35(36)39)54-55(51,52)34-24-18-29(3)19-25-34/h10-25,28H,8-9,26-27H2,1-7H3,(H,44,49)(H,45,48). The fourth-order valence-corrected chi connectivity index (χ4v) is 7.11. The van der Waals surface area contributed by atoms with E-state index < -0.39 is 27.7 Å². The van der Waals surface area contributed by atoms with E-state index in [0.717, 1.165) is 29.9 Å². The van der Waals surface area contributed by atoms with Gasteiger partial charge in [0.15, 0.2) is 5.75 Å². The van der Waals surface area contributed by atoms with Crippen LogP contribution in [0.5, 0.6) is 5.75 Å². The number of amides is 3. The van der Waals surface area contributed by atoms with E-state index in [1.165, 1.54) is 30.0 Å². The Labute approximate surface area is 323 Å². The minimum atomic E-state index is -4.43. The van der Waals surface area contributed by atoms with Gasteiger partial charge in [-0.3, -0.25) is 9.59 Å². The Morgan fingerprint density at radius 1 is 0.782 bits per heavy atom. The summed E-state index contributed by atoms with van der Waals surface area (Å²) in [6.45, 7) is 14.4. The van der Waals surface area contributed by atoms with Crippen LogP contribution in [0.4, 0.5) is 27.5 Å².